The van der Waals surface area contributed by atoms with E-state index in [-0.39, 0.29) is 0 Å². The van der Waals surface area contributed by atoms with E-state index in [0.29, 0.717) is 6.04 Å². The Morgan fingerprint density at radius 2 is 2.00 bits per heavy atom. The van der Waals surface area contributed by atoms with E-state index in [9.17, 15) is 0 Å². The van der Waals surface area contributed by atoms with Crippen molar-refractivity contribution in [3.63, 3.8) is 0 Å². The molecule has 0 radical (unpaired) electrons. The van der Waals surface area contributed by atoms with E-state index in [1.807, 2.05) is 0 Å². The topological polar surface area (TPSA) is 18.5 Å². The Hall–Kier alpha value is -1.06. The van der Waals surface area contributed by atoms with Gasteiger partial charge in [0.05, 0.1) is 0 Å². The Kier molecular flexibility index (Phi) is 5.23. The smallest absolute Gasteiger partial charge is 0.0364 e. The summed E-state index contributed by atoms with van der Waals surface area (Å²) in [6.45, 7) is 6.97. The van der Waals surface area contributed by atoms with Crippen molar-refractivity contribution < 1.29 is 0 Å². The molecule has 1 N–H and O–H groups in total. The quantitative estimate of drug-likeness (QED) is 0.848. The van der Waals surface area contributed by atoms with Gasteiger partial charge in [0.15, 0.2) is 0 Å². The molecule has 0 bridgehead atoms. The summed E-state index contributed by atoms with van der Waals surface area (Å²) in [5.41, 5.74) is 2.63. The number of nitrogens with zero attached hydrogens (tertiary/aromatic N) is 2. The second kappa shape index (κ2) is 6.92. The molecule has 0 spiro atoms. The predicted octanol–water partition coefficient (Wildman–Crippen LogP) is 2.33. The van der Waals surface area contributed by atoms with E-state index in [0.717, 1.165) is 6.54 Å². The highest BCUT2D eigenvalue weighted by molar-refractivity contribution is 5.47. The van der Waals surface area contributed by atoms with Crippen molar-refractivity contribution >= 4 is 5.69 Å². The highest BCUT2D eigenvalue weighted by Gasteiger charge is 2.14. The fourth-order valence-electron chi connectivity index (χ4n) is 2.65. The molecule has 1 aromatic rings. The Morgan fingerprint density at radius 3 is 2.68 bits per heavy atom. The summed E-state index contributed by atoms with van der Waals surface area (Å²) in [5.74, 6) is 0. The minimum atomic E-state index is 0.557. The molecule has 0 amide bonds. The number of nitrogens with one attached hydrogen (secondary N) is 1. The number of anilines is 1. The van der Waals surface area contributed by atoms with Crippen molar-refractivity contribution in [2.24, 2.45) is 0 Å². The second-order valence-corrected chi connectivity index (χ2v) is 5.85. The second-order valence-electron chi connectivity index (χ2n) is 5.85. The van der Waals surface area contributed by atoms with Gasteiger partial charge in [0.1, 0.15) is 0 Å². The lowest BCUT2D eigenvalue weighted by Crippen LogP contribution is -2.37. The van der Waals surface area contributed by atoms with E-state index < -0.39 is 0 Å². The lowest BCUT2D eigenvalue weighted by atomic mass is 10.2. The van der Waals surface area contributed by atoms with E-state index >= 15 is 0 Å². The van der Waals surface area contributed by atoms with Crippen LogP contribution in [-0.2, 0) is 6.54 Å². The molecule has 2 rings (SSSR count). The predicted molar refractivity (Wildman–Crippen MR) is 82.7 cm³/mol. The summed E-state index contributed by atoms with van der Waals surface area (Å²) in [6.07, 6.45) is 2.75. The first-order valence-electron chi connectivity index (χ1n) is 7.37. The van der Waals surface area contributed by atoms with Crippen molar-refractivity contribution in [2.75, 3.05) is 38.6 Å². The van der Waals surface area contributed by atoms with Crippen molar-refractivity contribution in [2.45, 2.75) is 32.4 Å². The van der Waals surface area contributed by atoms with Gasteiger partial charge in [-0.3, -0.25) is 0 Å². The highest BCUT2D eigenvalue weighted by Crippen LogP contribution is 2.13. The van der Waals surface area contributed by atoms with Crippen LogP contribution in [0.5, 0.6) is 0 Å². The maximum Gasteiger partial charge on any atom is 0.0364 e. The number of hydrogen-bond donors (Lipinski definition) is 1. The van der Waals surface area contributed by atoms with Crippen molar-refractivity contribution in [3.05, 3.63) is 29.8 Å². The number of benzene rings is 1. The van der Waals surface area contributed by atoms with E-state index in [4.69, 9.17) is 0 Å². The highest BCUT2D eigenvalue weighted by atomic mass is 15.2. The monoisotopic (exact) mass is 261 g/mol. The minimum Gasteiger partial charge on any atom is -0.378 e. The molecule has 1 aliphatic rings. The third kappa shape index (κ3) is 4.51. The van der Waals surface area contributed by atoms with Crippen LogP contribution in [-0.4, -0.2) is 44.7 Å². The Balaban J connectivity index is 1.79. The molecular weight excluding hydrogens is 234 g/mol. The Labute approximate surface area is 117 Å². The normalized spacial score (nSPS) is 17.6. The maximum absolute atomic E-state index is 3.63. The van der Waals surface area contributed by atoms with Gasteiger partial charge < -0.3 is 15.1 Å². The Bertz CT molecular complexity index is 383. The zero-order valence-electron chi connectivity index (χ0n) is 12.5. The third-order valence-electron chi connectivity index (χ3n) is 3.81. The van der Waals surface area contributed by atoms with Crippen LogP contribution in [0.1, 0.15) is 25.3 Å². The van der Waals surface area contributed by atoms with Crippen LogP contribution in [0.2, 0.25) is 0 Å². The zero-order chi connectivity index (χ0) is 13.7. The first-order chi connectivity index (χ1) is 9.15. The summed E-state index contributed by atoms with van der Waals surface area (Å²) >= 11 is 0. The van der Waals surface area contributed by atoms with Crippen LogP contribution in [0.4, 0.5) is 5.69 Å². The molecule has 3 heteroatoms. The molecule has 106 valence electrons. The molecule has 1 aromatic carbocycles. The number of hydrogen-bond acceptors (Lipinski definition) is 3. The summed E-state index contributed by atoms with van der Waals surface area (Å²) in [4.78, 5) is 4.71. The molecular formula is C16H27N3. The standard InChI is InChI=1S/C16H27N3/c1-14(13-19-9-4-5-10-19)17-12-15-7-6-8-16(11-15)18(2)3/h6-8,11,14,17H,4-5,9-10,12-13H2,1-3H3. The molecule has 1 aliphatic heterocycles. The van der Waals surface area contributed by atoms with E-state index in [2.05, 4.69) is 60.4 Å². The molecule has 3 nitrogen and oxygen atoms in total. The van der Waals surface area contributed by atoms with Crippen LogP contribution in [0.15, 0.2) is 24.3 Å². The van der Waals surface area contributed by atoms with Gasteiger partial charge in [-0.15, -0.1) is 0 Å². The molecule has 1 unspecified atom stereocenters. The molecule has 0 aliphatic carbocycles. The number of likely N-dealkylation sites (tertiary alicyclic amines) is 1. The molecule has 1 saturated heterocycles. The van der Waals surface area contributed by atoms with Gasteiger partial charge in [0, 0.05) is 38.9 Å². The van der Waals surface area contributed by atoms with Gasteiger partial charge >= 0.3 is 0 Å². The summed E-state index contributed by atoms with van der Waals surface area (Å²) in [5, 5.41) is 3.63. The van der Waals surface area contributed by atoms with Gasteiger partial charge in [-0.2, -0.15) is 0 Å². The van der Waals surface area contributed by atoms with Crippen molar-refractivity contribution in [3.8, 4) is 0 Å². The molecule has 1 atom stereocenters. The zero-order valence-corrected chi connectivity index (χ0v) is 12.5. The van der Waals surface area contributed by atoms with Gasteiger partial charge in [-0.05, 0) is 50.6 Å². The average Bonchev–Trinajstić information content (AvgIpc) is 2.89. The summed E-state index contributed by atoms with van der Waals surface area (Å²) in [7, 11) is 4.17. The Morgan fingerprint density at radius 1 is 1.26 bits per heavy atom. The molecule has 1 fully saturated rings. The van der Waals surface area contributed by atoms with E-state index in [1.54, 1.807) is 0 Å². The van der Waals surface area contributed by atoms with Gasteiger partial charge in [-0.1, -0.05) is 12.1 Å². The summed E-state index contributed by atoms with van der Waals surface area (Å²) in [6, 6.07) is 9.30. The van der Waals surface area contributed by atoms with Gasteiger partial charge in [0.25, 0.3) is 0 Å². The van der Waals surface area contributed by atoms with Gasteiger partial charge in [0.2, 0.25) is 0 Å². The van der Waals surface area contributed by atoms with Crippen LogP contribution < -0.4 is 10.2 Å². The van der Waals surface area contributed by atoms with Crippen LogP contribution >= 0.6 is 0 Å². The third-order valence-corrected chi connectivity index (χ3v) is 3.81. The fraction of sp³-hybridized carbons (Fsp3) is 0.625. The first kappa shape index (κ1) is 14.4. The van der Waals surface area contributed by atoms with Crippen molar-refractivity contribution in [1.82, 2.24) is 10.2 Å². The molecule has 0 saturated carbocycles. The lowest BCUT2D eigenvalue weighted by Gasteiger charge is -2.21. The lowest BCUT2D eigenvalue weighted by molar-refractivity contribution is 0.298. The SMILES string of the molecule is CC(CN1CCCC1)NCc1cccc(N(C)C)c1. The largest absolute Gasteiger partial charge is 0.378 e. The van der Waals surface area contributed by atoms with E-state index in [1.165, 1.54) is 43.7 Å². The fourth-order valence-corrected chi connectivity index (χ4v) is 2.65. The maximum atomic E-state index is 3.63. The molecule has 0 aromatic heterocycles. The minimum absolute atomic E-state index is 0.557. The molecule has 19 heavy (non-hydrogen) atoms. The van der Waals surface area contributed by atoms with Crippen molar-refractivity contribution in [1.29, 1.82) is 0 Å². The van der Waals surface area contributed by atoms with Crippen LogP contribution in [0, 0.1) is 0 Å². The molecule has 1 heterocycles. The van der Waals surface area contributed by atoms with Crippen LogP contribution in [0.25, 0.3) is 0 Å². The van der Waals surface area contributed by atoms with Gasteiger partial charge in [-0.25, -0.2) is 0 Å². The average molecular weight is 261 g/mol. The summed E-state index contributed by atoms with van der Waals surface area (Å²) < 4.78 is 0. The number of rotatable bonds is 6. The first-order valence-corrected chi connectivity index (χ1v) is 7.37. The van der Waals surface area contributed by atoms with Crippen LogP contribution in [0.3, 0.4) is 0 Å².